The van der Waals surface area contributed by atoms with Crippen LogP contribution in [0.25, 0.3) is 0 Å². The highest BCUT2D eigenvalue weighted by atomic mass is 16.4. The molecule has 0 aromatic heterocycles. The molecule has 5 nitrogen and oxygen atoms in total. The maximum atomic E-state index is 12.8. The molecule has 2 rings (SSSR count). The van der Waals surface area contributed by atoms with Crippen molar-refractivity contribution in [2.24, 2.45) is 0 Å². The fourth-order valence-corrected chi connectivity index (χ4v) is 2.74. The van der Waals surface area contributed by atoms with Crippen LogP contribution in [0.1, 0.15) is 26.7 Å². The number of rotatable bonds is 4. The third kappa shape index (κ3) is 2.86. The van der Waals surface area contributed by atoms with E-state index < -0.39 is 17.6 Å². The van der Waals surface area contributed by atoms with Crippen LogP contribution < -0.4 is 4.90 Å². The quantitative estimate of drug-likeness (QED) is 0.921. The van der Waals surface area contributed by atoms with Crippen molar-refractivity contribution in [1.82, 2.24) is 4.90 Å². The first kappa shape index (κ1) is 15.4. The lowest BCUT2D eigenvalue weighted by Crippen LogP contribution is -2.57. The number of carbonyl (C=O) groups is 2. The summed E-state index contributed by atoms with van der Waals surface area (Å²) in [5.74, 6) is -1.06. The van der Waals surface area contributed by atoms with Crippen LogP contribution in [0.5, 0.6) is 0 Å². The Kier molecular flexibility index (Phi) is 4.21. The molecule has 1 N–H and O–H groups in total. The fourth-order valence-electron chi connectivity index (χ4n) is 2.74. The highest BCUT2D eigenvalue weighted by molar-refractivity contribution is 5.92. The zero-order chi connectivity index (χ0) is 15.6. The molecule has 1 atom stereocenters. The molecule has 1 amide bonds. The molecule has 0 aliphatic carbocycles. The predicted octanol–water partition coefficient (Wildman–Crippen LogP) is 1.98. The number of likely N-dealkylation sites (N-methyl/N-ethyl adjacent to an activating group) is 1. The largest absolute Gasteiger partial charge is 0.480 e. The molecule has 1 fully saturated rings. The number of benzene rings is 1. The van der Waals surface area contributed by atoms with Crippen molar-refractivity contribution in [1.29, 1.82) is 0 Å². The summed E-state index contributed by atoms with van der Waals surface area (Å²) in [4.78, 5) is 27.5. The van der Waals surface area contributed by atoms with Gasteiger partial charge in [0.1, 0.15) is 11.6 Å². The van der Waals surface area contributed by atoms with Crippen LogP contribution >= 0.6 is 0 Å². The average molecular weight is 290 g/mol. The zero-order valence-corrected chi connectivity index (χ0v) is 12.7. The van der Waals surface area contributed by atoms with Gasteiger partial charge in [-0.05, 0) is 38.8 Å². The van der Waals surface area contributed by atoms with Crippen LogP contribution in [0, 0.1) is 0 Å². The maximum absolute atomic E-state index is 12.8. The molecule has 0 saturated carbocycles. The standard InChI is InChI=1S/C16H22N2O3/c1-16(2,17(3)12-8-5-4-6-9-12)15(21)18-11-7-10-13(18)14(19)20/h4-6,8-9,13H,7,10-11H2,1-3H3,(H,19,20). The minimum absolute atomic E-state index is 0.140. The van der Waals surface area contributed by atoms with Gasteiger partial charge in [-0.25, -0.2) is 4.79 Å². The monoisotopic (exact) mass is 290 g/mol. The second-order valence-corrected chi connectivity index (χ2v) is 5.95. The zero-order valence-electron chi connectivity index (χ0n) is 12.7. The Hall–Kier alpha value is -2.04. The summed E-state index contributed by atoms with van der Waals surface area (Å²) >= 11 is 0. The summed E-state index contributed by atoms with van der Waals surface area (Å²) in [7, 11) is 1.86. The summed E-state index contributed by atoms with van der Waals surface area (Å²) in [6, 6.07) is 8.94. The van der Waals surface area contributed by atoms with E-state index in [0.29, 0.717) is 13.0 Å². The Balaban J connectivity index is 2.22. The van der Waals surface area contributed by atoms with Crippen LogP contribution in [0.2, 0.25) is 0 Å². The first-order valence-corrected chi connectivity index (χ1v) is 7.18. The van der Waals surface area contributed by atoms with Gasteiger partial charge in [0, 0.05) is 19.3 Å². The van der Waals surface area contributed by atoms with Gasteiger partial charge in [-0.15, -0.1) is 0 Å². The van der Waals surface area contributed by atoms with Crippen LogP contribution in [-0.2, 0) is 9.59 Å². The van der Waals surface area contributed by atoms with Gasteiger partial charge < -0.3 is 14.9 Å². The number of hydrogen-bond acceptors (Lipinski definition) is 3. The van der Waals surface area contributed by atoms with Gasteiger partial charge in [0.05, 0.1) is 0 Å². The third-order valence-corrected chi connectivity index (χ3v) is 4.30. The van der Waals surface area contributed by atoms with Gasteiger partial charge in [0.2, 0.25) is 5.91 Å². The summed E-state index contributed by atoms with van der Waals surface area (Å²) < 4.78 is 0. The molecule has 1 aromatic carbocycles. The molecule has 21 heavy (non-hydrogen) atoms. The number of likely N-dealkylation sites (tertiary alicyclic amines) is 1. The van der Waals surface area contributed by atoms with Gasteiger partial charge in [0.25, 0.3) is 0 Å². The molecule has 1 aliphatic rings. The lowest BCUT2D eigenvalue weighted by atomic mass is 9.99. The lowest BCUT2D eigenvalue weighted by molar-refractivity contribution is -0.150. The van der Waals surface area contributed by atoms with E-state index in [0.717, 1.165) is 12.1 Å². The minimum Gasteiger partial charge on any atom is -0.480 e. The number of carboxylic acid groups (broad SMARTS) is 1. The molecule has 1 unspecified atom stereocenters. The van der Waals surface area contributed by atoms with Gasteiger partial charge in [0.15, 0.2) is 0 Å². The summed E-state index contributed by atoms with van der Waals surface area (Å²) in [6.45, 7) is 4.18. The van der Waals surface area contributed by atoms with Crippen molar-refractivity contribution in [3.8, 4) is 0 Å². The molecule has 0 bridgehead atoms. The number of carboxylic acids is 1. The summed E-state index contributed by atoms with van der Waals surface area (Å²) in [6.07, 6.45) is 1.28. The van der Waals surface area contributed by atoms with Crippen LogP contribution in [0.3, 0.4) is 0 Å². The van der Waals surface area contributed by atoms with Crippen molar-refractivity contribution in [2.45, 2.75) is 38.3 Å². The van der Waals surface area contributed by atoms with E-state index in [-0.39, 0.29) is 5.91 Å². The van der Waals surface area contributed by atoms with Gasteiger partial charge in [-0.2, -0.15) is 0 Å². The normalized spacial score (nSPS) is 18.6. The van der Waals surface area contributed by atoms with E-state index in [4.69, 9.17) is 0 Å². The van der Waals surface area contributed by atoms with Crippen molar-refractivity contribution >= 4 is 17.6 Å². The van der Waals surface area contributed by atoms with Gasteiger partial charge in [-0.1, -0.05) is 18.2 Å². The Morgan fingerprint density at radius 3 is 2.48 bits per heavy atom. The maximum Gasteiger partial charge on any atom is 0.326 e. The summed E-state index contributed by atoms with van der Waals surface area (Å²) in [5.41, 5.74) is 0.140. The Labute approximate surface area is 125 Å². The van der Waals surface area contributed by atoms with Gasteiger partial charge >= 0.3 is 5.97 Å². The van der Waals surface area contributed by atoms with E-state index in [1.165, 1.54) is 4.90 Å². The average Bonchev–Trinajstić information content (AvgIpc) is 2.96. The van der Waals surface area contributed by atoms with Crippen molar-refractivity contribution in [2.75, 3.05) is 18.5 Å². The third-order valence-electron chi connectivity index (χ3n) is 4.30. The summed E-state index contributed by atoms with van der Waals surface area (Å²) in [5, 5.41) is 9.25. The molecular weight excluding hydrogens is 268 g/mol. The molecular formula is C16H22N2O3. The Morgan fingerprint density at radius 2 is 1.90 bits per heavy atom. The molecule has 1 heterocycles. The van der Waals surface area contributed by atoms with Crippen LogP contribution in [0.4, 0.5) is 5.69 Å². The first-order valence-electron chi connectivity index (χ1n) is 7.18. The smallest absolute Gasteiger partial charge is 0.326 e. The highest BCUT2D eigenvalue weighted by Crippen LogP contribution is 2.27. The Morgan fingerprint density at radius 1 is 1.29 bits per heavy atom. The van der Waals surface area contributed by atoms with Gasteiger partial charge in [-0.3, -0.25) is 4.79 Å². The number of amides is 1. The second kappa shape index (κ2) is 5.76. The SMILES string of the molecule is CN(c1ccccc1)C(C)(C)C(=O)N1CCCC1C(=O)O. The van der Waals surface area contributed by atoms with E-state index >= 15 is 0 Å². The molecule has 0 radical (unpaired) electrons. The fraction of sp³-hybridized carbons (Fsp3) is 0.500. The molecule has 1 aliphatic heterocycles. The van der Waals surface area contributed by atoms with Crippen molar-refractivity contribution in [3.63, 3.8) is 0 Å². The molecule has 1 saturated heterocycles. The van der Waals surface area contributed by atoms with Crippen LogP contribution in [0.15, 0.2) is 30.3 Å². The molecule has 0 spiro atoms. The number of anilines is 1. The number of aliphatic carboxylic acids is 1. The van der Waals surface area contributed by atoms with Crippen molar-refractivity contribution in [3.05, 3.63) is 30.3 Å². The molecule has 1 aromatic rings. The van der Waals surface area contributed by atoms with Crippen LogP contribution in [-0.4, -0.2) is 47.1 Å². The predicted molar refractivity (Wildman–Crippen MR) is 81.3 cm³/mol. The number of nitrogens with zero attached hydrogens (tertiary/aromatic N) is 2. The van der Waals surface area contributed by atoms with E-state index in [1.807, 2.05) is 56.1 Å². The van der Waals surface area contributed by atoms with Crippen molar-refractivity contribution < 1.29 is 14.7 Å². The van der Waals surface area contributed by atoms with E-state index in [9.17, 15) is 14.7 Å². The van der Waals surface area contributed by atoms with E-state index in [2.05, 4.69) is 0 Å². The number of carbonyl (C=O) groups excluding carboxylic acids is 1. The topological polar surface area (TPSA) is 60.9 Å². The minimum atomic E-state index is -0.918. The second-order valence-electron chi connectivity index (χ2n) is 5.95. The molecule has 5 heteroatoms. The lowest BCUT2D eigenvalue weighted by Gasteiger charge is -2.39. The number of para-hydroxylation sites is 1. The highest BCUT2D eigenvalue weighted by Gasteiger charge is 2.42. The number of hydrogen-bond donors (Lipinski definition) is 1. The first-order chi connectivity index (χ1) is 9.85. The Bertz CT molecular complexity index is 528. The van der Waals surface area contributed by atoms with E-state index in [1.54, 1.807) is 0 Å². The molecule has 114 valence electrons.